The van der Waals surface area contributed by atoms with Crippen LogP contribution >= 0.6 is 0 Å². The van der Waals surface area contributed by atoms with E-state index in [1.165, 1.54) is 12.1 Å². The molecular weight excluding hydrogens is 265 g/mol. The molecular formula is C18H22FNO. The van der Waals surface area contributed by atoms with E-state index < -0.39 is 0 Å². The van der Waals surface area contributed by atoms with Crippen LogP contribution in [0.1, 0.15) is 31.0 Å². The maximum absolute atomic E-state index is 12.9. The number of para-hydroxylation sites is 1. The molecule has 0 aliphatic carbocycles. The van der Waals surface area contributed by atoms with Crippen LogP contribution in [0.25, 0.3) is 0 Å². The molecule has 2 unspecified atom stereocenters. The van der Waals surface area contributed by atoms with Gasteiger partial charge in [0.1, 0.15) is 11.6 Å². The summed E-state index contributed by atoms with van der Waals surface area (Å²) in [5.74, 6) is 0.702. The molecule has 3 heteroatoms. The largest absolute Gasteiger partial charge is 0.496 e. The smallest absolute Gasteiger partial charge is 0.123 e. The zero-order chi connectivity index (χ0) is 15.2. The Balaban J connectivity index is 1.98. The number of hydrogen-bond donors (Lipinski definition) is 1. The third-order valence-electron chi connectivity index (χ3n) is 3.60. The maximum Gasteiger partial charge on any atom is 0.123 e. The second-order valence-electron chi connectivity index (χ2n) is 5.36. The lowest BCUT2D eigenvalue weighted by molar-refractivity contribution is 0.395. The molecule has 1 N–H and O–H groups in total. The fraction of sp³-hybridized carbons (Fsp3) is 0.333. The van der Waals surface area contributed by atoms with Crippen molar-refractivity contribution in [2.45, 2.75) is 32.4 Å². The topological polar surface area (TPSA) is 21.3 Å². The van der Waals surface area contributed by atoms with Gasteiger partial charge in [0.15, 0.2) is 0 Å². The van der Waals surface area contributed by atoms with Gasteiger partial charge in [-0.3, -0.25) is 0 Å². The Kier molecular flexibility index (Phi) is 5.34. The number of rotatable bonds is 6. The van der Waals surface area contributed by atoms with Crippen molar-refractivity contribution >= 4 is 0 Å². The summed E-state index contributed by atoms with van der Waals surface area (Å²) in [4.78, 5) is 0. The highest BCUT2D eigenvalue weighted by Gasteiger charge is 2.13. The van der Waals surface area contributed by atoms with Crippen LogP contribution < -0.4 is 10.1 Å². The Bertz CT molecular complexity index is 568. The molecule has 0 saturated heterocycles. The summed E-state index contributed by atoms with van der Waals surface area (Å²) in [7, 11) is 1.69. The van der Waals surface area contributed by atoms with Crippen LogP contribution in [0.4, 0.5) is 4.39 Å². The van der Waals surface area contributed by atoms with E-state index in [4.69, 9.17) is 4.74 Å². The normalized spacial score (nSPS) is 13.7. The lowest BCUT2D eigenvalue weighted by atomic mass is 10.0. The van der Waals surface area contributed by atoms with Gasteiger partial charge in [-0.25, -0.2) is 4.39 Å². The summed E-state index contributed by atoms with van der Waals surface area (Å²) in [6, 6.07) is 15.2. The number of ether oxygens (including phenoxy) is 1. The average Bonchev–Trinajstić information content (AvgIpc) is 2.49. The fourth-order valence-electron chi connectivity index (χ4n) is 2.57. The summed E-state index contributed by atoms with van der Waals surface area (Å²) < 4.78 is 18.3. The van der Waals surface area contributed by atoms with Gasteiger partial charge in [0.25, 0.3) is 0 Å². The first-order valence-electron chi connectivity index (χ1n) is 7.23. The second kappa shape index (κ2) is 7.23. The van der Waals surface area contributed by atoms with Gasteiger partial charge in [0.2, 0.25) is 0 Å². The first-order chi connectivity index (χ1) is 10.1. The van der Waals surface area contributed by atoms with Crippen LogP contribution in [0.5, 0.6) is 5.75 Å². The van der Waals surface area contributed by atoms with Crippen molar-refractivity contribution in [1.29, 1.82) is 0 Å². The quantitative estimate of drug-likeness (QED) is 0.863. The molecule has 0 bridgehead atoms. The number of benzene rings is 2. The van der Waals surface area contributed by atoms with Crippen LogP contribution in [0.2, 0.25) is 0 Å². The zero-order valence-electron chi connectivity index (χ0n) is 12.8. The van der Waals surface area contributed by atoms with Crippen molar-refractivity contribution in [1.82, 2.24) is 5.32 Å². The van der Waals surface area contributed by atoms with E-state index in [1.54, 1.807) is 7.11 Å². The van der Waals surface area contributed by atoms with Gasteiger partial charge >= 0.3 is 0 Å². The molecule has 0 spiro atoms. The average molecular weight is 287 g/mol. The van der Waals surface area contributed by atoms with Crippen LogP contribution in [0.15, 0.2) is 48.5 Å². The highest BCUT2D eigenvalue weighted by Crippen LogP contribution is 2.24. The molecule has 0 radical (unpaired) electrons. The minimum Gasteiger partial charge on any atom is -0.496 e. The molecule has 2 atom stereocenters. The molecule has 2 nitrogen and oxygen atoms in total. The predicted octanol–water partition coefficient (Wildman–Crippen LogP) is 4.12. The third-order valence-corrected chi connectivity index (χ3v) is 3.60. The first-order valence-corrected chi connectivity index (χ1v) is 7.23. The highest BCUT2D eigenvalue weighted by molar-refractivity contribution is 5.35. The van der Waals surface area contributed by atoms with E-state index in [9.17, 15) is 4.39 Å². The molecule has 0 fully saturated rings. The Morgan fingerprint density at radius 2 is 1.71 bits per heavy atom. The monoisotopic (exact) mass is 287 g/mol. The highest BCUT2D eigenvalue weighted by atomic mass is 19.1. The molecule has 21 heavy (non-hydrogen) atoms. The molecule has 0 saturated carbocycles. The summed E-state index contributed by atoms with van der Waals surface area (Å²) in [6.07, 6.45) is 0.861. The molecule has 0 heterocycles. The minimum atomic E-state index is -0.193. The third kappa shape index (κ3) is 4.30. The second-order valence-corrected chi connectivity index (χ2v) is 5.36. The molecule has 2 aromatic rings. The Labute approximate surface area is 126 Å². The van der Waals surface area contributed by atoms with E-state index in [0.29, 0.717) is 0 Å². The van der Waals surface area contributed by atoms with Crippen molar-refractivity contribution in [3.05, 3.63) is 65.5 Å². The zero-order valence-corrected chi connectivity index (χ0v) is 12.8. The van der Waals surface area contributed by atoms with Gasteiger partial charge in [0.05, 0.1) is 7.11 Å². The van der Waals surface area contributed by atoms with Crippen molar-refractivity contribution in [2.75, 3.05) is 7.11 Å². The molecule has 0 amide bonds. The molecule has 2 rings (SSSR count). The number of nitrogens with one attached hydrogen (secondary N) is 1. The van der Waals surface area contributed by atoms with Crippen LogP contribution in [-0.2, 0) is 6.42 Å². The van der Waals surface area contributed by atoms with Crippen molar-refractivity contribution in [2.24, 2.45) is 0 Å². The Morgan fingerprint density at radius 3 is 2.38 bits per heavy atom. The summed E-state index contributed by atoms with van der Waals surface area (Å²) in [5.41, 5.74) is 2.27. The van der Waals surface area contributed by atoms with Gasteiger partial charge in [0, 0.05) is 17.6 Å². The lowest BCUT2D eigenvalue weighted by Crippen LogP contribution is -2.30. The van der Waals surface area contributed by atoms with Gasteiger partial charge in [-0.15, -0.1) is 0 Å². The standard InChI is InChI=1S/C18H22FNO/c1-13(12-15-8-10-16(19)11-9-15)20-14(2)17-6-4-5-7-18(17)21-3/h4-11,13-14,20H,12H2,1-3H3. The van der Waals surface area contributed by atoms with E-state index in [0.717, 1.165) is 23.3 Å². The molecule has 0 aliphatic rings. The van der Waals surface area contributed by atoms with Gasteiger partial charge in [-0.05, 0) is 44.0 Å². The molecule has 0 aliphatic heterocycles. The number of hydrogen-bond acceptors (Lipinski definition) is 2. The Morgan fingerprint density at radius 1 is 1.05 bits per heavy atom. The maximum atomic E-state index is 12.9. The van der Waals surface area contributed by atoms with Gasteiger partial charge in [-0.2, -0.15) is 0 Å². The minimum absolute atomic E-state index is 0.191. The van der Waals surface area contributed by atoms with E-state index in [1.807, 2.05) is 30.3 Å². The van der Waals surface area contributed by atoms with Crippen molar-refractivity contribution < 1.29 is 9.13 Å². The van der Waals surface area contributed by atoms with Gasteiger partial charge < -0.3 is 10.1 Å². The molecule has 2 aromatic carbocycles. The van der Waals surface area contributed by atoms with E-state index in [-0.39, 0.29) is 17.9 Å². The predicted molar refractivity (Wildman–Crippen MR) is 84.1 cm³/mol. The molecule has 112 valence electrons. The summed E-state index contributed by atoms with van der Waals surface area (Å²) in [5, 5.41) is 3.56. The summed E-state index contributed by atoms with van der Waals surface area (Å²) >= 11 is 0. The first kappa shape index (κ1) is 15.5. The number of halogens is 1. The number of methoxy groups -OCH3 is 1. The summed E-state index contributed by atoms with van der Waals surface area (Å²) in [6.45, 7) is 4.26. The Hall–Kier alpha value is -1.87. The van der Waals surface area contributed by atoms with Crippen molar-refractivity contribution in [3.8, 4) is 5.75 Å². The van der Waals surface area contributed by atoms with E-state index >= 15 is 0 Å². The van der Waals surface area contributed by atoms with Crippen LogP contribution in [-0.4, -0.2) is 13.2 Å². The van der Waals surface area contributed by atoms with Crippen LogP contribution in [0, 0.1) is 5.82 Å². The van der Waals surface area contributed by atoms with Gasteiger partial charge in [-0.1, -0.05) is 30.3 Å². The van der Waals surface area contributed by atoms with Crippen LogP contribution in [0.3, 0.4) is 0 Å². The molecule has 0 aromatic heterocycles. The fourth-order valence-corrected chi connectivity index (χ4v) is 2.57. The van der Waals surface area contributed by atoms with E-state index in [2.05, 4.69) is 25.2 Å². The lowest BCUT2D eigenvalue weighted by Gasteiger charge is -2.22. The van der Waals surface area contributed by atoms with Crippen molar-refractivity contribution in [3.63, 3.8) is 0 Å². The SMILES string of the molecule is COc1ccccc1C(C)NC(C)Cc1ccc(F)cc1.